The number of piperazine rings is 1. The smallest absolute Gasteiger partial charge is 0.128 e. The second kappa shape index (κ2) is 9.07. The van der Waals surface area contributed by atoms with E-state index >= 15 is 0 Å². The van der Waals surface area contributed by atoms with Crippen molar-refractivity contribution in [3.05, 3.63) is 72.9 Å². The second-order valence-corrected chi connectivity index (χ2v) is 6.67. The average molecular weight is 364 g/mol. The highest BCUT2D eigenvalue weighted by Gasteiger charge is 2.19. The molecule has 1 aliphatic carbocycles. The molecule has 0 aromatic carbocycles. The first-order valence-electron chi connectivity index (χ1n) is 9.39. The quantitative estimate of drug-likeness (QED) is 0.600. The number of hydrogen-bond acceptors (Lipinski definition) is 6. The Labute approximate surface area is 161 Å². The van der Waals surface area contributed by atoms with E-state index in [1.54, 1.807) is 6.08 Å². The van der Waals surface area contributed by atoms with Crippen LogP contribution in [0.5, 0.6) is 0 Å². The monoisotopic (exact) mass is 364 g/mol. The van der Waals surface area contributed by atoms with Crippen molar-refractivity contribution in [1.29, 1.82) is 0 Å². The van der Waals surface area contributed by atoms with Gasteiger partial charge in [-0.3, -0.25) is 5.43 Å². The molecule has 1 aliphatic heterocycles. The summed E-state index contributed by atoms with van der Waals surface area (Å²) in [5.41, 5.74) is 12.2. The van der Waals surface area contributed by atoms with Crippen LogP contribution < -0.4 is 16.1 Å². The highest BCUT2D eigenvalue weighted by Crippen LogP contribution is 2.21. The van der Waals surface area contributed by atoms with Crippen LogP contribution in [0.2, 0.25) is 0 Å². The predicted molar refractivity (Wildman–Crippen MR) is 112 cm³/mol. The fraction of sp³-hybridized carbons (Fsp3) is 0.333. The summed E-state index contributed by atoms with van der Waals surface area (Å²) in [6, 6.07) is 6.01. The third kappa shape index (κ3) is 4.78. The van der Waals surface area contributed by atoms with E-state index in [9.17, 15) is 0 Å². The van der Waals surface area contributed by atoms with Crippen molar-refractivity contribution in [3.8, 4) is 0 Å². The number of nitrogens with two attached hydrogens (primary N) is 1. The van der Waals surface area contributed by atoms with Crippen molar-refractivity contribution in [2.45, 2.75) is 19.3 Å². The van der Waals surface area contributed by atoms with E-state index in [4.69, 9.17) is 5.73 Å². The van der Waals surface area contributed by atoms with Gasteiger partial charge in [-0.15, -0.1) is 0 Å². The standard InChI is InChI=1S/C21H28N6/c1-3-4-8-18-9-7-10-19(21(18)22)25-24-17(2)26-13-15-27(16-14-26)20-11-5-6-12-23-20/h3-6,8,11-12,24H,1-2,7,9-10,13-16,22H2/b8-4-,25-19-. The molecule has 1 fully saturated rings. The van der Waals surface area contributed by atoms with Crippen LogP contribution in [0.4, 0.5) is 5.82 Å². The molecular formula is C21H28N6. The molecule has 0 amide bonds. The Morgan fingerprint density at radius 1 is 1.22 bits per heavy atom. The summed E-state index contributed by atoms with van der Waals surface area (Å²) < 4.78 is 0. The summed E-state index contributed by atoms with van der Waals surface area (Å²) in [7, 11) is 0. The summed E-state index contributed by atoms with van der Waals surface area (Å²) in [5.74, 6) is 1.83. The molecule has 27 heavy (non-hydrogen) atoms. The Morgan fingerprint density at radius 3 is 2.74 bits per heavy atom. The maximum Gasteiger partial charge on any atom is 0.128 e. The summed E-state index contributed by atoms with van der Waals surface area (Å²) in [6.45, 7) is 11.4. The first-order valence-corrected chi connectivity index (χ1v) is 9.39. The number of allylic oxidation sites excluding steroid dienone is 5. The van der Waals surface area contributed by atoms with Crippen molar-refractivity contribution >= 4 is 11.5 Å². The van der Waals surface area contributed by atoms with Crippen molar-refractivity contribution in [2.75, 3.05) is 31.1 Å². The molecule has 1 aromatic heterocycles. The lowest BCUT2D eigenvalue weighted by molar-refractivity contribution is 0.302. The highest BCUT2D eigenvalue weighted by atomic mass is 15.4. The Kier molecular flexibility index (Phi) is 6.30. The number of hydrogen-bond donors (Lipinski definition) is 2. The summed E-state index contributed by atoms with van der Waals surface area (Å²) in [5, 5.41) is 4.53. The minimum atomic E-state index is 0.764. The lowest BCUT2D eigenvalue weighted by Gasteiger charge is -2.37. The highest BCUT2D eigenvalue weighted by molar-refractivity contribution is 6.01. The SMILES string of the molecule is C=C/C=C\C1=C(N)C(=N\NC(=C)N2CCN(c3ccccn3)CC2)/CCC1. The molecule has 2 heterocycles. The Balaban J connectivity index is 1.56. The molecule has 0 radical (unpaired) electrons. The van der Waals surface area contributed by atoms with Crippen molar-refractivity contribution in [1.82, 2.24) is 15.3 Å². The number of hydrazone groups is 1. The van der Waals surface area contributed by atoms with Crippen LogP contribution in [0, 0.1) is 0 Å². The molecular weight excluding hydrogens is 336 g/mol. The molecule has 6 heteroatoms. The number of nitrogens with one attached hydrogen (secondary N) is 1. The van der Waals surface area contributed by atoms with Gasteiger partial charge in [-0.1, -0.05) is 37.5 Å². The maximum atomic E-state index is 6.28. The first-order chi connectivity index (χ1) is 13.2. The molecule has 0 atom stereocenters. The number of anilines is 1. The van der Waals surface area contributed by atoms with Crippen molar-refractivity contribution < 1.29 is 0 Å². The van der Waals surface area contributed by atoms with Gasteiger partial charge in [0.25, 0.3) is 0 Å². The molecule has 0 saturated carbocycles. The van der Waals surface area contributed by atoms with Crippen LogP contribution in [0.25, 0.3) is 0 Å². The first kappa shape index (κ1) is 18.8. The fourth-order valence-electron chi connectivity index (χ4n) is 3.32. The molecule has 3 N–H and O–H groups in total. The number of nitrogens with zero attached hydrogens (tertiary/aromatic N) is 4. The van der Waals surface area contributed by atoms with Crippen LogP contribution in [-0.4, -0.2) is 41.8 Å². The molecule has 1 aromatic rings. The molecule has 6 nitrogen and oxygen atoms in total. The zero-order valence-electron chi connectivity index (χ0n) is 15.8. The molecule has 0 spiro atoms. The summed E-state index contributed by atoms with van der Waals surface area (Å²) in [6.07, 6.45) is 10.4. The van der Waals surface area contributed by atoms with Gasteiger partial charge in [0.2, 0.25) is 0 Å². The van der Waals surface area contributed by atoms with Gasteiger partial charge in [0.05, 0.1) is 11.4 Å². The normalized spacial score (nSPS) is 19.6. The lowest BCUT2D eigenvalue weighted by Crippen LogP contribution is -2.47. The van der Waals surface area contributed by atoms with Crippen LogP contribution >= 0.6 is 0 Å². The van der Waals surface area contributed by atoms with Crippen LogP contribution in [0.3, 0.4) is 0 Å². The molecule has 3 rings (SSSR count). The molecule has 0 bridgehead atoms. The zero-order valence-corrected chi connectivity index (χ0v) is 15.8. The minimum Gasteiger partial charge on any atom is -0.397 e. The fourth-order valence-corrected chi connectivity index (χ4v) is 3.32. The van der Waals surface area contributed by atoms with Gasteiger partial charge < -0.3 is 15.5 Å². The van der Waals surface area contributed by atoms with Gasteiger partial charge in [-0.2, -0.15) is 5.10 Å². The molecule has 0 unspecified atom stereocenters. The maximum absolute atomic E-state index is 6.28. The van der Waals surface area contributed by atoms with Crippen molar-refractivity contribution in [3.63, 3.8) is 0 Å². The van der Waals surface area contributed by atoms with E-state index < -0.39 is 0 Å². The van der Waals surface area contributed by atoms with E-state index in [0.29, 0.717) is 0 Å². The summed E-state index contributed by atoms with van der Waals surface area (Å²) >= 11 is 0. The van der Waals surface area contributed by atoms with E-state index in [0.717, 1.165) is 74.1 Å². The largest absolute Gasteiger partial charge is 0.397 e. The van der Waals surface area contributed by atoms with E-state index in [2.05, 4.69) is 38.5 Å². The van der Waals surface area contributed by atoms with Gasteiger partial charge >= 0.3 is 0 Å². The zero-order chi connectivity index (χ0) is 19.1. The molecule has 1 saturated heterocycles. The number of pyridine rings is 1. The summed E-state index contributed by atoms with van der Waals surface area (Å²) in [4.78, 5) is 8.92. The van der Waals surface area contributed by atoms with Gasteiger partial charge in [-0.05, 0) is 37.0 Å². The lowest BCUT2D eigenvalue weighted by atomic mass is 9.94. The minimum absolute atomic E-state index is 0.764. The van der Waals surface area contributed by atoms with Crippen LogP contribution in [-0.2, 0) is 0 Å². The van der Waals surface area contributed by atoms with Gasteiger partial charge in [0, 0.05) is 32.4 Å². The molecule has 142 valence electrons. The predicted octanol–water partition coefficient (Wildman–Crippen LogP) is 2.76. The molecule has 2 aliphatic rings. The third-order valence-corrected chi connectivity index (χ3v) is 4.90. The van der Waals surface area contributed by atoms with Crippen LogP contribution in [0.1, 0.15) is 19.3 Å². The van der Waals surface area contributed by atoms with Gasteiger partial charge in [0.15, 0.2) is 0 Å². The van der Waals surface area contributed by atoms with Gasteiger partial charge in [0.1, 0.15) is 11.6 Å². The second-order valence-electron chi connectivity index (χ2n) is 6.67. The topological polar surface area (TPSA) is 69.8 Å². The third-order valence-electron chi connectivity index (χ3n) is 4.90. The Hall–Kier alpha value is -3.02. The van der Waals surface area contributed by atoms with E-state index in [1.807, 2.05) is 36.5 Å². The number of rotatable bonds is 6. The number of aromatic nitrogens is 1. The van der Waals surface area contributed by atoms with Crippen molar-refractivity contribution in [2.24, 2.45) is 10.8 Å². The Bertz CT molecular complexity index is 754. The van der Waals surface area contributed by atoms with E-state index in [1.165, 1.54) is 0 Å². The Morgan fingerprint density at radius 2 is 2.04 bits per heavy atom. The van der Waals surface area contributed by atoms with Crippen LogP contribution in [0.15, 0.2) is 78.0 Å². The van der Waals surface area contributed by atoms with E-state index in [-0.39, 0.29) is 0 Å². The van der Waals surface area contributed by atoms with Gasteiger partial charge in [-0.25, -0.2) is 4.98 Å². The average Bonchev–Trinajstić information content (AvgIpc) is 2.72.